The highest BCUT2D eigenvalue weighted by Gasteiger charge is 2.25. The van der Waals surface area contributed by atoms with Crippen LogP contribution in [-0.4, -0.2) is 12.6 Å². The van der Waals surface area contributed by atoms with Crippen LogP contribution in [0.1, 0.15) is 22.8 Å². The van der Waals surface area contributed by atoms with Gasteiger partial charge in [-0.3, -0.25) is 0 Å². The molecule has 2 aromatic carbocycles. The van der Waals surface area contributed by atoms with E-state index in [-0.39, 0.29) is 12.4 Å². The Morgan fingerprint density at radius 3 is 2.45 bits per heavy atom. The van der Waals surface area contributed by atoms with Gasteiger partial charge in [-0.2, -0.15) is 4.39 Å². The molecule has 0 aliphatic carbocycles. The summed E-state index contributed by atoms with van der Waals surface area (Å²) in [6, 6.07) is 7.01. The lowest BCUT2D eigenvalue weighted by Gasteiger charge is -2.11. The molecule has 0 aliphatic rings. The third-order valence-corrected chi connectivity index (χ3v) is 2.92. The van der Waals surface area contributed by atoms with Crippen molar-refractivity contribution in [2.24, 2.45) is 0 Å². The third kappa shape index (κ3) is 3.05. The van der Waals surface area contributed by atoms with Gasteiger partial charge in [0.25, 0.3) is 0 Å². The lowest BCUT2D eigenvalue weighted by Crippen LogP contribution is -2.14. The number of ether oxygens (including phenoxy) is 2. The third-order valence-electron chi connectivity index (χ3n) is 2.92. The van der Waals surface area contributed by atoms with Crippen molar-refractivity contribution in [1.82, 2.24) is 0 Å². The van der Waals surface area contributed by atoms with Crippen LogP contribution in [0.2, 0.25) is 0 Å². The van der Waals surface area contributed by atoms with Gasteiger partial charge in [0.1, 0.15) is 11.3 Å². The number of carbonyl (C=O) groups excluding carboxylic acids is 1. The zero-order valence-electron chi connectivity index (χ0n) is 12.0. The normalized spacial score (nSPS) is 10.4. The van der Waals surface area contributed by atoms with Crippen LogP contribution in [0.4, 0.5) is 13.2 Å². The van der Waals surface area contributed by atoms with E-state index < -0.39 is 34.7 Å². The Morgan fingerprint density at radius 2 is 1.82 bits per heavy atom. The average Bonchev–Trinajstić information content (AvgIpc) is 2.49. The van der Waals surface area contributed by atoms with E-state index in [0.717, 1.165) is 0 Å². The molecule has 6 heteroatoms. The smallest absolute Gasteiger partial charge is 0.346 e. The van der Waals surface area contributed by atoms with Gasteiger partial charge in [-0.25, -0.2) is 13.6 Å². The molecule has 0 aliphatic heterocycles. The predicted molar refractivity (Wildman–Crippen MR) is 73.6 cm³/mol. The molecule has 0 aromatic heterocycles. The number of hydrogen-bond donors (Lipinski definition) is 0. The highest BCUT2D eigenvalue weighted by Crippen LogP contribution is 2.28. The van der Waals surface area contributed by atoms with Crippen LogP contribution in [0.5, 0.6) is 11.5 Å². The van der Waals surface area contributed by atoms with E-state index >= 15 is 0 Å². The molecule has 2 aromatic rings. The van der Waals surface area contributed by atoms with E-state index in [9.17, 15) is 18.0 Å². The quantitative estimate of drug-likeness (QED) is 0.486. The molecule has 0 unspecified atom stereocenters. The van der Waals surface area contributed by atoms with Gasteiger partial charge in [-0.15, -0.1) is 0 Å². The first-order valence-electron chi connectivity index (χ1n) is 6.53. The van der Waals surface area contributed by atoms with Gasteiger partial charge in [0, 0.05) is 0 Å². The Morgan fingerprint density at radius 1 is 1.14 bits per heavy atom. The van der Waals surface area contributed by atoms with Crippen molar-refractivity contribution in [2.45, 2.75) is 13.8 Å². The minimum atomic E-state index is -1.48. The summed E-state index contributed by atoms with van der Waals surface area (Å²) in [4.78, 5) is 12.0. The second-order valence-electron chi connectivity index (χ2n) is 4.45. The molecule has 22 heavy (non-hydrogen) atoms. The summed E-state index contributed by atoms with van der Waals surface area (Å²) in [6.45, 7) is 3.09. The number of halogens is 3. The Bertz CT molecular complexity index is 714. The SMILES string of the molecule is CCOc1c(F)c(F)cc(C(=O)Oc2ccccc2C)c1F. The van der Waals surface area contributed by atoms with Crippen LogP contribution < -0.4 is 9.47 Å². The summed E-state index contributed by atoms with van der Waals surface area (Å²) in [5.74, 6) is -6.02. The van der Waals surface area contributed by atoms with Crippen LogP contribution >= 0.6 is 0 Å². The zero-order chi connectivity index (χ0) is 16.3. The summed E-state index contributed by atoms with van der Waals surface area (Å²) in [5, 5.41) is 0. The molecule has 0 radical (unpaired) electrons. The van der Waals surface area contributed by atoms with Crippen molar-refractivity contribution >= 4 is 5.97 Å². The van der Waals surface area contributed by atoms with E-state index in [0.29, 0.717) is 11.6 Å². The first-order chi connectivity index (χ1) is 10.5. The molecule has 0 spiro atoms. The minimum Gasteiger partial charge on any atom is -0.488 e. The molecule has 0 heterocycles. The molecule has 116 valence electrons. The molecule has 0 fully saturated rings. The van der Waals surface area contributed by atoms with Crippen molar-refractivity contribution in [1.29, 1.82) is 0 Å². The molecule has 0 amide bonds. The molecular weight excluding hydrogens is 297 g/mol. The predicted octanol–water partition coefficient (Wildman–Crippen LogP) is 4.03. The fourth-order valence-electron chi connectivity index (χ4n) is 1.83. The number of para-hydroxylation sites is 1. The largest absolute Gasteiger partial charge is 0.488 e. The standard InChI is InChI=1S/C16H13F3O3/c1-3-21-15-13(18)10(8-11(17)14(15)19)16(20)22-12-7-5-4-6-9(12)2/h4-8H,3H2,1-2H3. The maximum Gasteiger partial charge on any atom is 0.346 e. The average molecular weight is 310 g/mol. The van der Waals surface area contributed by atoms with E-state index in [2.05, 4.69) is 0 Å². The van der Waals surface area contributed by atoms with E-state index in [1.165, 1.54) is 13.0 Å². The molecule has 0 bridgehead atoms. The lowest BCUT2D eigenvalue weighted by molar-refractivity contribution is 0.0726. The maximum absolute atomic E-state index is 14.1. The van der Waals surface area contributed by atoms with Crippen LogP contribution in [0.25, 0.3) is 0 Å². The number of esters is 1. The monoisotopic (exact) mass is 310 g/mol. The summed E-state index contributed by atoms with van der Waals surface area (Å²) < 4.78 is 50.8. The molecule has 3 nitrogen and oxygen atoms in total. The van der Waals surface area contributed by atoms with Crippen molar-refractivity contribution in [3.63, 3.8) is 0 Å². The Hall–Kier alpha value is -2.50. The van der Waals surface area contributed by atoms with Gasteiger partial charge in [-0.05, 0) is 31.5 Å². The molecular formula is C16H13F3O3. The Kier molecular flexibility index (Phi) is 4.70. The molecule has 0 atom stereocenters. The number of rotatable bonds is 4. The fraction of sp³-hybridized carbons (Fsp3) is 0.188. The zero-order valence-corrected chi connectivity index (χ0v) is 12.0. The number of carbonyl (C=O) groups is 1. The molecule has 0 saturated heterocycles. The van der Waals surface area contributed by atoms with Gasteiger partial charge < -0.3 is 9.47 Å². The van der Waals surface area contributed by atoms with Crippen molar-refractivity contribution in [3.8, 4) is 11.5 Å². The van der Waals surface area contributed by atoms with Crippen molar-refractivity contribution < 1.29 is 27.4 Å². The number of hydrogen-bond acceptors (Lipinski definition) is 3. The van der Waals surface area contributed by atoms with Crippen molar-refractivity contribution in [3.05, 3.63) is 58.9 Å². The molecule has 0 saturated carbocycles. The van der Waals surface area contributed by atoms with E-state index in [1.54, 1.807) is 25.1 Å². The van der Waals surface area contributed by atoms with Crippen LogP contribution in [-0.2, 0) is 0 Å². The number of benzene rings is 2. The maximum atomic E-state index is 14.1. The van der Waals surface area contributed by atoms with Crippen LogP contribution in [0.3, 0.4) is 0 Å². The van der Waals surface area contributed by atoms with Crippen molar-refractivity contribution in [2.75, 3.05) is 6.61 Å². The van der Waals surface area contributed by atoms with E-state index in [4.69, 9.17) is 9.47 Å². The second-order valence-corrected chi connectivity index (χ2v) is 4.45. The van der Waals surface area contributed by atoms with Crippen LogP contribution in [0.15, 0.2) is 30.3 Å². The molecule has 2 rings (SSSR count). The highest BCUT2D eigenvalue weighted by molar-refractivity contribution is 5.92. The number of aryl methyl sites for hydroxylation is 1. The lowest BCUT2D eigenvalue weighted by atomic mass is 10.1. The molecule has 0 N–H and O–H groups in total. The summed E-state index contributed by atoms with van der Waals surface area (Å²) in [6.07, 6.45) is 0. The second kappa shape index (κ2) is 6.51. The topological polar surface area (TPSA) is 35.5 Å². The fourth-order valence-corrected chi connectivity index (χ4v) is 1.83. The van der Waals surface area contributed by atoms with Gasteiger partial charge in [0.2, 0.25) is 5.82 Å². The Labute approximate surface area is 125 Å². The van der Waals surface area contributed by atoms with E-state index in [1.807, 2.05) is 0 Å². The summed E-state index contributed by atoms with van der Waals surface area (Å²) >= 11 is 0. The highest BCUT2D eigenvalue weighted by atomic mass is 19.2. The minimum absolute atomic E-state index is 0.0798. The van der Waals surface area contributed by atoms with Gasteiger partial charge in [0.05, 0.1) is 6.61 Å². The summed E-state index contributed by atoms with van der Waals surface area (Å²) in [5.41, 5.74) is -0.0884. The first kappa shape index (κ1) is 15.9. The first-order valence-corrected chi connectivity index (χ1v) is 6.53. The summed E-state index contributed by atoms with van der Waals surface area (Å²) in [7, 11) is 0. The van der Waals surface area contributed by atoms with Gasteiger partial charge in [0.15, 0.2) is 17.4 Å². The van der Waals surface area contributed by atoms with Gasteiger partial charge >= 0.3 is 5.97 Å². The van der Waals surface area contributed by atoms with Crippen LogP contribution in [0, 0.1) is 24.4 Å². The Balaban J connectivity index is 2.40. The van der Waals surface area contributed by atoms with Gasteiger partial charge in [-0.1, -0.05) is 18.2 Å².